The number of ether oxygens (including phenoxy) is 1. The fourth-order valence-corrected chi connectivity index (χ4v) is 1.82. The van der Waals surface area contributed by atoms with Gasteiger partial charge in [0.1, 0.15) is 12.4 Å². The molecule has 0 radical (unpaired) electrons. The van der Waals surface area contributed by atoms with E-state index in [1.807, 2.05) is 32.0 Å². The van der Waals surface area contributed by atoms with Crippen molar-refractivity contribution in [3.8, 4) is 5.75 Å². The van der Waals surface area contributed by atoms with E-state index >= 15 is 0 Å². The zero-order chi connectivity index (χ0) is 15.1. The highest BCUT2D eigenvalue weighted by Crippen LogP contribution is 2.25. The number of nitrogens with two attached hydrogens (primary N) is 1. The predicted molar refractivity (Wildman–Crippen MR) is 81.8 cm³/mol. The summed E-state index contributed by atoms with van der Waals surface area (Å²) < 4.78 is 5.74. The third-order valence-electron chi connectivity index (χ3n) is 3.40. The fourth-order valence-electron chi connectivity index (χ4n) is 1.82. The van der Waals surface area contributed by atoms with E-state index in [1.165, 1.54) is 5.56 Å². The molecule has 0 heterocycles. The summed E-state index contributed by atoms with van der Waals surface area (Å²) in [4.78, 5) is 11.7. The van der Waals surface area contributed by atoms with Gasteiger partial charge in [0.2, 0.25) is 5.91 Å². The Morgan fingerprint density at radius 1 is 1.25 bits per heavy atom. The van der Waals surface area contributed by atoms with Crippen LogP contribution in [0.4, 0.5) is 0 Å². The van der Waals surface area contributed by atoms with Crippen molar-refractivity contribution in [1.29, 1.82) is 0 Å². The Kier molecular flexibility index (Phi) is 6.52. The standard InChI is InChI=1S/C16H26N2O2/c1-11(2)14-7-5-6-8-15(14)20-10-9-18-16(19)12(3)13(4)17/h5-8,11-13H,9-10,17H2,1-4H3,(H,18,19). The molecule has 0 bridgehead atoms. The topological polar surface area (TPSA) is 64.3 Å². The van der Waals surface area contributed by atoms with Gasteiger partial charge < -0.3 is 15.8 Å². The minimum Gasteiger partial charge on any atom is -0.491 e. The van der Waals surface area contributed by atoms with Gasteiger partial charge >= 0.3 is 0 Å². The number of carbonyl (C=O) groups is 1. The van der Waals surface area contributed by atoms with Crippen molar-refractivity contribution < 1.29 is 9.53 Å². The van der Waals surface area contributed by atoms with Gasteiger partial charge in [-0.2, -0.15) is 0 Å². The summed E-state index contributed by atoms with van der Waals surface area (Å²) in [7, 11) is 0. The molecule has 2 unspecified atom stereocenters. The molecule has 0 aliphatic carbocycles. The van der Waals surface area contributed by atoms with Gasteiger partial charge in [-0.3, -0.25) is 4.79 Å². The lowest BCUT2D eigenvalue weighted by atomic mass is 10.0. The molecule has 1 aromatic rings. The van der Waals surface area contributed by atoms with Crippen LogP contribution in [0.25, 0.3) is 0 Å². The van der Waals surface area contributed by atoms with Crippen LogP contribution in [-0.2, 0) is 4.79 Å². The molecule has 0 aromatic heterocycles. The second-order valence-electron chi connectivity index (χ2n) is 5.48. The number of para-hydroxylation sites is 1. The molecule has 3 N–H and O–H groups in total. The number of nitrogens with one attached hydrogen (secondary N) is 1. The van der Waals surface area contributed by atoms with Crippen molar-refractivity contribution in [2.24, 2.45) is 11.7 Å². The van der Waals surface area contributed by atoms with Crippen molar-refractivity contribution in [3.63, 3.8) is 0 Å². The molecule has 4 nitrogen and oxygen atoms in total. The molecular formula is C16H26N2O2. The Morgan fingerprint density at radius 2 is 1.90 bits per heavy atom. The molecule has 0 fully saturated rings. The van der Waals surface area contributed by atoms with Gasteiger partial charge in [-0.25, -0.2) is 0 Å². The van der Waals surface area contributed by atoms with Gasteiger partial charge in [0.05, 0.1) is 6.54 Å². The molecule has 1 aromatic carbocycles. The highest BCUT2D eigenvalue weighted by molar-refractivity contribution is 5.78. The number of hydrogen-bond acceptors (Lipinski definition) is 3. The molecule has 0 aliphatic heterocycles. The second-order valence-corrected chi connectivity index (χ2v) is 5.48. The van der Waals surface area contributed by atoms with E-state index in [2.05, 4.69) is 25.2 Å². The Hall–Kier alpha value is -1.55. The van der Waals surface area contributed by atoms with E-state index in [9.17, 15) is 4.79 Å². The Balaban J connectivity index is 2.40. The quantitative estimate of drug-likeness (QED) is 0.752. The Bertz CT molecular complexity index is 430. The third kappa shape index (κ3) is 4.85. The highest BCUT2D eigenvalue weighted by atomic mass is 16.5. The van der Waals surface area contributed by atoms with Crippen LogP contribution in [0.15, 0.2) is 24.3 Å². The first kappa shape index (κ1) is 16.5. The van der Waals surface area contributed by atoms with Gasteiger partial charge in [-0.05, 0) is 24.5 Å². The van der Waals surface area contributed by atoms with E-state index in [1.54, 1.807) is 0 Å². The first-order chi connectivity index (χ1) is 9.43. The number of rotatable bonds is 7. The summed E-state index contributed by atoms with van der Waals surface area (Å²) in [5, 5.41) is 2.84. The Morgan fingerprint density at radius 3 is 2.50 bits per heavy atom. The molecule has 4 heteroatoms. The maximum atomic E-state index is 11.7. The van der Waals surface area contributed by atoms with E-state index in [0.29, 0.717) is 19.1 Å². The van der Waals surface area contributed by atoms with Gasteiger partial charge in [0.15, 0.2) is 0 Å². The van der Waals surface area contributed by atoms with Crippen LogP contribution >= 0.6 is 0 Å². The van der Waals surface area contributed by atoms with Gasteiger partial charge in [-0.15, -0.1) is 0 Å². The van der Waals surface area contributed by atoms with Crippen molar-refractivity contribution in [2.45, 2.75) is 39.7 Å². The summed E-state index contributed by atoms with van der Waals surface area (Å²) >= 11 is 0. The fraction of sp³-hybridized carbons (Fsp3) is 0.562. The van der Waals surface area contributed by atoms with Crippen LogP contribution < -0.4 is 15.8 Å². The number of amides is 1. The average Bonchev–Trinajstić information content (AvgIpc) is 2.42. The van der Waals surface area contributed by atoms with Crippen LogP contribution in [0, 0.1) is 5.92 Å². The number of hydrogen-bond donors (Lipinski definition) is 2. The van der Waals surface area contributed by atoms with Crippen LogP contribution in [0.5, 0.6) is 5.75 Å². The molecule has 0 spiro atoms. The molecule has 2 atom stereocenters. The maximum Gasteiger partial charge on any atom is 0.224 e. The van der Waals surface area contributed by atoms with Crippen LogP contribution in [-0.4, -0.2) is 25.1 Å². The van der Waals surface area contributed by atoms with E-state index in [0.717, 1.165) is 5.75 Å². The maximum absolute atomic E-state index is 11.7. The summed E-state index contributed by atoms with van der Waals surface area (Å²) in [6, 6.07) is 7.85. The predicted octanol–water partition coefficient (Wildman–Crippen LogP) is 2.29. The van der Waals surface area contributed by atoms with Gasteiger partial charge in [0.25, 0.3) is 0 Å². The zero-order valence-electron chi connectivity index (χ0n) is 12.8. The normalized spacial score (nSPS) is 13.9. The van der Waals surface area contributed by atoms with Crippen molar-refractivity contribution in [1.82, 2.24) is 5.32 Å². The van der Waals surface area contributed by atoms with E-state index in [4.69, 9.17) is 10.5 Å². The van der Waals surface area contributed by atoms with Gasteiger partial charge in [0, 0.05) is 12.0 Å². The molecule has 0 saturated heterocycles. The third-order valence-corrected chi connectivity index (χ3v) is 3.40. The summed E-state index contributed by atoms with van der Waals surface area (Å²) in [5.41, 5.74) is 6.88. The van der Waals surface area contributed by atoms with Crippen LogP contribution in [0.1, 0.15) is 39.2 Å². The zero-order valence-corrected chi connectivity index (χ0v) is 12.8. The second kappa shape index (κ2) is 7.90. The van der Waals surface area contributed by atoms with Crippen LogP contribution in [0.3, 0.4) is 0 Å². The lowest BCUT2D eigenvalue weighted by Gasteiger charge is -2.16. The largest absolute Gasteiger partial charge is 0.491 e. The summed E-state index contributed by atoms with van der Waals surface area (Å²) in [5.74, 6) is 1.09. The van der Waals surface area contributed by atoms with E-state index in [-0.39, 0.29) is 17.9 Å². The smallest absolute Gasteiger partial charge is 0.224 e. The minimum absolute atomic E-state index is 0.0271. The first-order valence-electron chi connectivity index (χ1n) is 7.18. The van der Waals surface area contributed by atoms with Crippen molar-refractivity contribution in [3.05, 3.63) is 29.8 Å². The molecule has 0 aliphatic rings. The van der Waals surface area contributed by atoms with Crippen molar-refractivity contribution >= 4 is 5.91 Å². The molecule has 1 rings (SSSR count). The van der Waals surface area contributed by atoms with E-state index < -0.39 is 0 Å². The van der Waals surface area contributed by atoms with Crippen molar-refractivity contribution in [2.75, 3.05) is 13.2 Å². The molecule has 0 saturated carbocycles. The monoisotopic (exact) mass is 278 g/mol. The molecule has 112 valence electrons. The summed E-state index contributed by atoms with van der Waals surface area (Å²) in [6.45, 7) is 8.88. The van der Waals surface area contributed by atoms with Crippen LogP contribution in [0.2, 0.25) is 0 Å². The highest BCUT2D eigenvalue weighted by Gasteiger charge is 2.16. The molecule has 20 heavy (non-hydrogen) atoms. The van der Waals surface area contributed by atoms with Gasteiger partial charge in [-0.1, -0.05) is 39.0 Å². The minimum atomic E-state index is -0.182. The SMILES string of the molecule is CC(C)c1ccccc1OCCNC(=O)C(C)C(C)N. The lowest BCUT2D eigenvalue weighted by Crippen LogP contribution is -2.40. The molecular weight excluding hydrogens is 252 g/mol. The summed E-state index contributed by atoms with van der Waals surface area (Å²) in [6.07, 6.45) is 0. The Labute approximate surface area is 121 Å². The first-order valence-corrected chi connectivity index (χ1v) is 7.18. The molecule has 1 amide bonds. The number of benzene rings is 1. The number of carbonyl (C=O) groups excluding carboxylic acids is 1. The lowest BCUT2D eigenvalue weighted by molar-refractivity contribution is -0.125. The average molecular weight is 278 g/mol.